The minimum atomic E-state index is -0.770. The molecule has 1 saturated heterocycles. The number of nitrogens with one attached hydrogen (secondary N) is 1. The molecule has 3 atom stereocenters. The van der Waals surface area contributed by atoms with Gasteiger partial charge in [0.2, 0.25) is 12.7 Å². The first-order valence-corrected chi connectivity index (χ1v) is 11.3. The van der Waals surface area contributed by atoms with E-state index >= 15 is 0 Å². The zero-order valence-corrected chi connectivity index (χ0v) is 18.2. The maximum Gasteiger partial charge on any atom is 0.254 e. The molecule has 2 aromatic rings. The second kappa shape index (κ2) is 8.13. The number of likely N-dealkylation sites (tertiary alicyclic amines) is 1. The van der Waals surface area contributed by atoms with Crippen LogP contribution in [0.15, 0.2) is 42.5 Å². The standard InChI is InChI=1S/C25H28N2O5/c1-16(28)26-19-6-4-5-18(13-19)24(29)27-12-11-25(30)10-3-2-7-20(25)23(27)17-8-9-21-22(14-17)32-15-31-21/h4-6,8-9,13-14,20,23,30H,2-3,7,10-12,15H2,1H3,(H,26,28). The van der Waals surface area contributed by atoms with Crippen LogP contribution in [0, 0.1) is 5.92 Å². The van der Waals surface area contributed by atoms with E-state index < -0.39 is 5.60 Å². The number of carbonyl (C=O) groups excluding carboxylic acids is 2. The number of hydrogen-bond acceptors (Lipinski definition) is 5. The monoisotopic (exact) mass is 436 g/mol. The van der Waals surface area contributed by atoms with Crippen LogP contribution in [0.25, 0.3) is 0 Å². The van der Waals surface area contributed by atoms with Crippen LogP contribution >= 0.6 is 0 Å². The topological polar surface area (TPSA) is 88.1 Å². The Morgan fingerprint density at radius 3 is 2.78 bits per heavy atom. The van der Waals surface area contributed by atoms with Gasteiger partial charge >= 0.3 is 0 Å². The molecule has 2 amide bonds. The number of carbonyl (C=O) groups is 2. The van der Waals surface area contributed by atoms with Crippen molar-refractivity contribution >= 4 is 17.5 Å². The number of benzene rings is 2. The second-order valence-corrected chi connectivity index (χ2v) is 9.02. The molecule has 32 heavy (non-hydrogen) atoms. The first kappa shape index (κ1) is 20.8. The van der Waals surface area contributed by atoms with Crippen LogP contribution in [0.2, 0.25) is 0 Å². The van der Waals surface area contributed by atoms with Gasteiger partial charge in [0.15, 0.2) is 11.5 Å². The zero-order valence-electron chi connectivity index (χ0n) is 18.2. The Morgan fingerprint density at radius 1 is 1.09 bits per heavy atom. The molecule has 2 heterocycles. The van der Waals surface area contributed by atoms with E-state index in [1.165, 1.54) is 6.92 Å². The van der Waals surface area contributed by atoms with E-state index in [0.29, 0.717) is 35.7 Å². The number of fused-ring (bicyclic) bond motifs is 2. The molecule has 0 radical (unpaired) electrons. The molecule has 2 fully saturated rings. The number of nitrogens with zero attached hydrogens (tertiary/aromatic N) is 1. The minimum absolute atomic E-state index is 0.0483. The molecule has 3 unspecified atom stereocenters. The van der Waals surface area contributed by atoms with Crippen molar-refractivity contribution in [1.29, 1.82) is 0 Å². The predicted molar refractivity (Wildman–Crippen MR) is 119 cm³/mol. The average Bonchev–Trinajstić information content (AvgIpc) is 3.25. The Hall–Kier alpha value is -3.06. The van der Waals surface area contributed by atoms with Crippen LogP contribution in [0.3, 0.4) is 0 Å². The highest BCUT2D eigenvalue weighted by Crippen LogP contribution is 2.50. The van der Waals surface area contributed by atoms with Gasteiger partial charge in [-0.15, -0.1) is 0 Å². The van der Waals surface area contributed by atoms with Gasteiger partial charge in [-0.25, -0.2) is 0 Å². The number of amides is 2. The van der Waals surface area contributed by atoms with E-state index in [-0.39, 0.29) is 30.6 Å². The minimum Gasteiger partial charge on any atom is -0.454 e. The molecule has 5 rings (SSSR count). The summed E-state index contributed by atoms with van der Waals surface area (Å²) < 4.78 is 11.1. The summed E-state index contributed by atoms with van der Waals surface area (Å²) in [6.45, 7) is 2.10. The normalized spacial score (nSPS) is 26.4. The predicted octanol–water partition coefficient (Wildman–Crippen LogP) is 3.88. The van der Waals surface area contributed by atoms with Gasteiger partial charge in [-0.05, 0) is 55.2 Å². The highest BCUT2D eigenvalue weighted by atomic mass is 16.7. The van der Waals surface area contributed by atoms with Crippen LogP contribution in [0.1, 0.15) is 61.0 Å². The summed E-state index contributed by atoms with van der Waals surface area (Å²) in [5.41, 5.74) is 1.29. The molecule has 7 nitrogen and oxygen atoms in total. The van der Waals surface area contributed by atoms with E-state index in [0.717, 1.165) is 31.2 Å². The number of piperidine rings is 1. The molecule has 7 heteroatoms. The van der Waals surface area contributed by atoms with Gasteiger partial charge in [0.25, 0.3) is 5.91 Å². The number of aliphatic hydroxyl groups is 1. The number of ether oxygens (including phenoxy) is 2. The van der Waals surface area contributed by atoms with Gasteiger partial charge < -0.3 is 24.8 Å². The van der Waals surface area contributed by atoms with Crippen LogP contribution < -0.4 is 14.8 Å². The lowest BCUT2D eigenvalue weighted by atomic mass is 9.66. The first-order valence-electron chi connectivity index (χ1n) is 11.3. The molecule has 2 N–H and O–H groups in total. The van der Waals surface area contributed by atoms with Crippen molar-refractivity contribution in [2.24, 2.45) is 5.92 Å². The maximum absolute atomic E-state index is 13.7. The lowest BCUT2D eigenvalue weighted by Gasteiger charge is -2.52. The van der Waals surface area contributed by atoms with E-state index in [4.69, 9.17) is 9.47 Å². The van der Waals surface area contributed by atoms with Crippen molar-refractivity contribution in [3.05, 3.63) is 53.6 Å². The Bertz CT molecular complexity index is 1050. The molecule has 0 spiro atoms. The molecule has 0 bridgehead atoms. The molecule has 0 aromatic heterocycles. The Labute approximate surface area is 187 Å². The van der Waals surface area contributed by atoms with E-state index in [1.54, 1.807) is 24.3 Å². The summed E-state index contributed by atoms with van der Waals surface area (Å²) in [5.74, 6) is 1.04. The lowest BCUT2D eigenvalue weighted by molar-refractivity contribution is -0.115. The van der Waals surface area contributed by atoms with E-state index in [9.17, 15) is 14.7 Å². The maximum atomic E-state index is 13.7. The third-order valence-electron chi connectivity index (χ3n) is 7.00. The number of rotatable bonds is 3. The van der Waals surface area contributed by atoms with E-state index in [2.05, 4.69) is 5.32 Å². The Morgan fingerprint density at radius 2 is 1.94 bits per heavy atom. The molecular formula is C25H28N2O5. The van der Waals surface area contributed by atoms with Gasteiger partial charge in [0.1, 0.15) is 0 Å². The summed E-state index contributed by atoms with van der Waals surface area (Å²) in [6.07, 6.45) is 4.24. The van der Waals surface area contributed by atoms with Crippen molar-refractivity contribution in [1.82, 2.24) is 4.90 Å². The molecule has 2 aliphatic heterocycles. The van der Waals surface area contributed by atoms with Crippen molar-refractivity contribution < 1.29 is 24.2 Å². The van der Waals surface area contributed by atoms with E-state index in [1.807, 2.05) is 23.1 Å². The summed E-state index contributed by atoms with van der Waals surface area (Å²) >= 11 is 0. The van der Waals surface area contributed by atoms with Gasteiger partial charge in [-0.2, -0.15) is 0 Å². The summed E-state index contributed by atoms with van der Waals surface area (Å²) in [7, 11) is 0. The lowest BCUT2D eigenvalue weighted by Crippen LogP contribution is -2.56. The van der Waals surface area contributed by atoms with Crippen molar-refractivity contribution in [3.8, 4) is 11.5 Å². The first-order chi connectivity index (χ1) is 15.4. The fourth-order valence-corrected chi connectivity index (χ4v) is 5.52. The summed E-state index contributed by atoms with van der Waals surface area (Å²) in [6, 6.07) is 12.6. The summed E-state index contributed by atoms with van der Waals surface area (Å²) in [5, 5.41) is 14.2. The second-order valence-electron chi connectivity index (χ2n) is 9.02. The Balaban J connectivity index is 1.53. The van der Waals surface area contributed by atoms with Crippen LogP contribution in [-0.4, -0.2) is 40.8 Å². The third kappa shape index (κ3) is 3.71. The van der Waals surface area contributed by atoms with Crippen LogP contribution in [-0.2, 0) is 4.79 Å². The molecule has 2 aromatic carbocycles. The van der Waals surface area contributed by atoms with Crippen molar-refractivity contribution in [3.63, 3.8) is 0 Å². The Kier molecular flexibility index (Phi) is 5.29. The third-order valence-corrected chi connectivity index (χ3v) is 7.00. The van der Waals surface area contributed by atoms with Crippen molar-refractivity contribution in [2.45, 2.75) is 50.7 Å². The fraction of sp³-hybridized carbons (Fsp3) is 0.440. The van der Waals surface area contributed by atoms with Gasteiger partial charge in [-0.3, -0.25) is 9.59 Å². The largest absolute Gasteiger partial charge is 0.454 e. The summed E-state index contributed by atoms with van der Waals surface area (Å²) in [4.78, 5) is 27.1. The van der Waals surface area contributed by atoms with Crippen molar-refractivity contribution in [2.75, 3.05) is 18.7 Å². The van der Waals surface area contributed by atoms with Gasteiger partial charge in [-0.1, -0.05) is 25.0 Å². The molecule has 168 valence electrons. The highest BCUT2D eigenvalue weighted by Gasteiger charge is 2.50. The average molecular weight is 437 g/mol. The molecule has 1 aliphatic carbocycles. The number of anilines is 1. The van der Waals surface area contributed by atoms with Gasteiger partial charge in [0.05, 0.1) is 11.6 Å². The highest BCUT2D eigenvalue weighted by molar-refractivity contribution is 5.97. The molecule has 1 saturated carbocycles. The smallest absolute Gasteiger partial charge is 0.254 e. The van der Waals surface area contributed by atoms with Crippen LogP contribution in [0.5, 0.6) is 11.5 Å². The zero-order chi connectivity index (χ0) is 22.3. The molecular weight excluding hydrogens is 408 g/mol. The van der Waals surface area contributed by atoms with Gasteiger partial charge in [0, 0.05) is 30.6 Å². The molecule has 3 aliphatic rings. The van der Waals surface area contributed by atoms with Crippen LogP contribution in [0.4, 0.5) is 5.69 Å². The SMILES string of the molecule is CC(=O)Nc1cccc(C(=O)N2CCC3(O)CCCCC3C2c2ccc3c(c2)OCO3)c1. The fourth-order valence-electron chi connectivity index (χ4n) is 5.52. The quantitative estimate of drug-likeness (QED) is 0.762. The number of hydrogen-bond donors (Lipinski definition) is 2.